The third kappa shape index (κ3) is 3.14. The molecule has 0 saturated heterocycles. The molecular weight excluding hydrogens is 228 g/mol. The van der Waals surface area contributed by atoms with Crippen LogP contribution in [0.5, 0.6) is 0 Å². The summed E-state index contributed by atoms with van der Waals surface area (Å²) in [6.07, 6.45) is 1.09. The maximum Gasteiger partial charge on any atom is 0.107 e. The van der Waals surface area contributed by atoms with Crippen LogP contribution in [0, 0.1) is 0 Å². The first-order chi connectivity index (χ1) is 8.33. The second kappa shape index (κ2) is 5.94. The second-order valence-corrected chi connectivity index (χ2v) is 4.90. The van der Waals surface area contributed by atoms with Gasteiger partial charge in [0.1, 0.15) is 5.01 Å². The van der Waals surface area contributed by atoms with Crippen LogP contribution < -0.4 is 5.32 Å². The van der Waals surface area contributed by atoms with Crippen molar-refractivity contribution in [2.45, 2.75) is 26.8 Å². The van der Waals surface area contributed by atoms with Gasteiger partial charge < -0.3 is 5.32 Å². The van der Waals surface area contributed by atoms with Crippen LogP contribution in [0.4, 0.5) is 0 Å². The van der Waals surface area contributed by atoms with Gasteiger partial charge in [0.2, 0.25) is 0 Å². The highest BCUT2D eigenvalue weighted by Gasteiger charge is 2.03. The largest absolute Gasteiger partial charge is 0.311 e. The summed E-state index contributed by atoms with van der Waals surface area (Å²) in [5, 5.41) is 6.58. The van der Waals surface area contributed by atoms with Crippen LogP contribution >= 0.6 is 11.3 Å². The monoisotopic (exact) mass is 246 g/mol. The van der Waals surface area contributed by atoms with E-state index in [2.05, 4.69) is 53.8 Å². The van der Waals surface area contributed by atoms with Gasteiger partial charge in [0, 0.05) is 17.5 Å². The molecule has 0 bridgehead atoms. The van der Waals surface area contributed by atoms with Crippen LogP contribution in [0.2, 0.25) is 0 Å². The van der Waals surface area contributed by atoms with E-state index in [1.54, 1.807) is 11.3 Å². The molecule has 0 saturated carbocycles. The Bertz CT molecular complexity index is 459. The number of benzene rings is 1. The Morgan fingerprint density at radius 1 is 1.18 bits per heavy atom. The van der Waals surface area contributed by atoms with Crippen molar-refractivity contribution in [3.05, 3.63) is 40.2 Å². The van der Waals surface area contributed by atoms with Gasteiger partial charge in [-0.15, -0.1) is 11.3 Å². The highest BCUT2D eigenvalue weighted by molar-refractivity contribution is 7.09. The predicted molar refractivity (Wildman–Crippen MR) is 74.3 cm³/mol. The molecular formula is C14H18N2S. The summed E-state index contributed by atoms with van der Waals surface area (Å²) in [5.41, 5.74) is 3.67. The molecule has 1 N–H and O–H groups in total. The molecule has 1 aromatic heterocycles. The summed E-state index contributed by atoms with van der Waals surface area (Å²) in [7, 11) is 0. The summed E-state index contributed by atoms with van der Waals surface area (Å²) in [6, 6.07) is 8.67. The molecule has 0 amide bonds. The summed E-state index contributed by atoms with van der Waals surface area (Å²) >= 11 is 1.72. The lowest BCUT2D eigenvalue weighted by molar-refractivity contribution is 0.723. The molecule has 0 aliphatic heterocycles. The SMILES string of the molecule is CCNCc1nc(-c2ccc(CC)cc2)cs1. The van der Waals surface area contributed by atoms with Crippen molar-refractivity contribution in [1.82, 2.24) is 10.3 Å². The molecule has 0 spiro atoms. The topological polar surface area (TPSA) is 24.9 Å². The summed E-state index contributed by atoms with van der Waals surface area (Å²) < 4.78 is 0. The van der Waals surface area contributed by atoms with E-state index >= 15 is 0 Å². The zero-order chi connectivity index (χ0) is 12.1. The molecule has 17 heavy (non-hydrogen) atoms. The maximum atomic E-state index is 4.63. The number of nitrogens with zero attached hydrogens (tertiary/aromatic N) is 1. The van der Waals surface area contributed by atoms with Crippen molar-refractivity contribution in [2.24, 2.45) is 0 Å². The van der Waals surface area contributed by atoms with E-state index in [0.29, 0.717) is 0 Å². The van der Waals surface area contributed by atoms with Gasteiger partial charge in [-0.2, -0.15) is 0 Å². The fourth-order valence-electron chi connectivity index (χ4n) is 1.67. The summed E-state index contributed by atoms with van der Waals surface area (Å²) in [6.45, 7) is 6.14. The molecule has 0 aliphatic rings. The standard InChI is InChI=1S/C14H18N2S/c1-3-11-5-7-12(8-6-11)13-10-17-14(16-13)9-15-4-2/h5-8,10,15H,3-4,9H2,1-2H3. The number of hydrogen-bond acceptors (Lipinski definition) is 3. The number of hydrogen-bond donors (Lipinski definition) is 1. The molecule has 1 aromatic carbocycles. The third-order valence-electron chi connectivity index (χ3n) is 2.74. The lowest BCUT2D eigenvalue weighted by Gasteiger charge is -1.99. The molecule has 2 nitrogen and oxygen atoms in total. The fourth-order valence-corrected chi connectivity index (χ4v) is 2.44. The molecule has 1 heterocycles. The lowest BCUT2D eigenvalue weighted by Crippen LogP contribution is -2.11. The normalized spacial score (nSPS) is 10.7. The van der Waals surface area contributed by atoms with Crippen LogP contribution in [0.3, 0.4) is 0 Å². The Morgan fingerprint density at radius 3 is 2.59 bits per heavy atom. The van der Waals surface area contributed by atoms with Gasteiger partial charge in [0.05, 0.1) is 5.69 Å². The van der Waals surface area contributed by atoms with E-state index in [1.807, 2.05) is 0 Å². The van der Waals surface area contributed by atoms with E-state index in [1.165, 1.54) is 11.1 Å². The van der Waals surface area contributed by atoms with E-state index in [4.69, 9.17) is 0 Å². The van der Waals surface area contributed by atoms with Crippen LogP contribution in [-0.4, -0.2) is 11.5 Å². The molecule has 2 rings (SSSR count). The third-order valence-corrected chi connectivity index (χ3v) is 3.58. The van der Waals surface area contributed by atoms with Crippen molar-refractivity contribution in [2.75, 3.05) is 6.54 Å². The first-order valence-electron chi connectivity index (χ1n) is 6.08. The molecule has 0 radical (unpaired) electrons. The highest BCUT2D eigenvalue weighted by atomic mass is 32.1. The van der Waals surface area contributed by atoms with E-state index < -0.39 is 0 Å². The van der Waals surface area contributed by atoms with Crippen molar-refractivity contribution in [3.8, 4) is 11.3 Å². The van der Waals surface area contributed by atoms with Crippen molar-refractivity contribution >= 4 is 11.3 Å². The maximum absolute atomic E-state index is 4.63. The Balaban J connectivity index is 2.12. The first-order valence-corrected chi connectivity index (χ1v) is 6.96. The van der Waals surface area contributed by atoms with E-state index in [0.717, 1.165) is 30.2 Å². The zero-order valence-corrected chi connectivity index (χ0v) is 11.2. The molecule has 3 heteroatoms. The quantitative estimate of drug-likeness (QED) is 0.873. The summed E-state index contributed by atoms with van der Waals surface area (Å²) in [4.78, 5) is 4.63. The van der Waals surface area contributed by atoms with Crippen LogP contribution in [0.15, 0.2) is 29.6 Å². The fraction of sp³-hybridized carbons (Fsp3) is 0.357. The Labute approximate surface area is 107 Å². The molecule has 0 fully saturated rings. The minimum Gasteiger partial charge on any atom is -0.311 e. The minimum atomic E-state index is 0.869. The van der Waals surface area contributed by atoms with Gasteiger partial charge >= 0.3 is 0 Å². The number of nitrogens with one attached hydrogen (secondary N) is 1. The molecule has 0 aliphatic carbocycles. The smallest absolute Gasteiger partial charge is 0.107 e. The number of aromatic nitrogens is 1. The van der Waals surface area contributed by atoms with E-state index in [-0.39, 0.29) is 0 Å². The van der Waals surface area contributed by atoms with E-state index in [9.17, 15) is 0 Å². The van der Waals surface area contributed by atoms with Crippen molar-refractivity contribution < 1.29 is 0 Å². The van der Waals surface area contributed by atoms with Crippen LogP contribution in [0.25, 0.3) is 11.3 Å². The molecule has 90 valence electrons. The Hall–Kier alpha value is -1.19. The highest BCUT2D eigenvalue weighted by Crippen LogP contribution is 2.22. The number of rotatable bonds is 5. The second-order valence-electron chi connectivity index (χ2n) is 3.96. The Morgan fingerprint density at radius 2 is 1.94 bits per heavy atom. The first kappa shape index (κ1) is 12.3. The van der Waals surface area contributed by atoms with Crippen LogP contribution in [0.1, 0.15) is 24.4 Å². The zero-order valence-electron chi connectivity index (χ0n) is 10.4. The van der Waals surface area contributed by atoms with Gasteiger partial charge in [0.25, 0.3) is 0 Å². The van der Waals surface area contributed by atoms with Crippen molar-refractivity contribution in [1.29, 1.82) is 0 Å². The molecule has 2 aromatic rings. The van der Waals surface area contributed by atoms with Crippen LogP contribution in [-0.2, 0) is 13.0 Å². The minimum absolute atomic E-state index is 0.869. The van der Waals surface area contributed by atoms with Gasteiger partial charge in [0.15, 0.2) is 0 Å². The van der Waals surface area contributed by atoms with Gasteiger partial charge in [-0.25, -0.2) is 4.98 Å². The summed E-state index contributed by atoms with van der Waals surface area (Å²) in [5.74, 6) is 0. The van der Waals surface area contributed by atoms with Gasteiger partial charge in [-0.05, 0) is 18.5 Å². The number of thiazole rings is 1. The Kier molecular flexibility index (Phi) is 4.29. The lowest BCUT2D eigenvalue weighted by atomic mass is 10.1. The van der Waals surface area contributed by atoms with Gasteiger partial charge in [-0.1, -0.05) is 38.1 Å². The van der Waals surface area contributed by atoms with Gasteiger partial charge in [-0.3, -0.25) is 0 Å². The molecule has 0 unspecified atom stereocenters. The molecule has 0 atom stereocenters. The predicted octanol–water partition coefficient (Wildman–Crippen LogP) is 3.48. The van der Waals surface area contributed by atoms with Crippen molar-refractivity contribution in [3.63, 3.8) is 0 Å². The average Bonchev–Trinajstić information content (AvgIpc) is 2.85. The number of aryl methyl sites for hydroxylation is 1. The average molecular weight is 246 g/mol.